The van der Waals surface area contributed by atoms with Crippen molar-refractivity contribution in [2.24, 2.45) is 11.7 Å². The average molecular weight is 634 g/mol. The molecule has 2 aromatic heterocycles. The van der Waals surface area contributed by atoms with Crippen molar-refractivity contribution in [1.29, 1.82) is 10.7 Å². The van der Waals surface area contributed by atoms with Gasteiger partial charge in [0.2, 0.25) is 0 Å². The summed E-state index contributed by atoms with van der Waals surface area (Å²) < 4.78 is 0. The van der Waals surface area contributed by atoms with Gasteiger partial charge in [0.05, 0.1) is 26.9 Å². The lowest BCUT2D eigenvalue weighted by molar-refractivity contribution is 0.280. The Bertz CT molecular complexity index is 1520. The van der Waals surface area contributed by atoms with Crippen LogP contribution in [0.3, 0.4) is 0 Å². The Morgan fingerprint density at radius 3 is 2.55 bits per heavy atom. The summed E-state index contributed by atoms with van der Waals surface area (Å²) in [5.41, 5.74) is 11.3. The van der Waals surface area contributed by atoms with Gasteiger partial charge < -0.3 is 21.3 Å². The van der Waals surface area contributed by atoms with Crippen molar-refractivity contribution in [2.75, 3.05) is 31.1 Å². The van der Waals surface area contributed by atoms with Gasteiger partial charge in [-0.25, -0.2) is 4.98 Å². The third-order valence-electron chi connectivity index (χ3n) is 8.41. The van der Waals surface area contributed by atoms with Crippen molar-refractivity contribution in [3.8, 4) is 6.07 Å². The van der Waals surface area contributed by atoms with Gasteiger partial charge >= 0.3 is 0 Å². The van der Waals surface area contributed by atoms with E-state index in [4.69, 9.17) is 28.9 Å². The van der Waals surface area contributed by atoms with Crippen LogP contribution in [0.5, 0.6) is 0 Å². The zero-order valence-corrected chi connectivity index (χ0v) is 27.5. The molecule has 0 unspecified atom stereocenters. The van der Waals surface area contributed by atoms with Crippen molar-refractivity contribution >= 4 is 34.7 Å². The van der Waals surface area contributed by atoms with E-state index >= 15 is 0 Å². The largest absolute Gasteiger partial charge is 0.398 e. The van der Waals surface area contributed by atoms with Crippen LogP contribution >= 0.6 is 23.2 Å². The predicted octanol–water partition coefficient (Wildman–Crippen LogP) is 6.63. The Labute approximate surface area is 271 Å². The molecule has 4 heterocycles. The van der Waals surface area contributed by atoms with Gasteiger partial charge in [-0.15, -0.1) is 0 Å². The number of pyridine rings is 2. The Hall–Kier alpha value is -3.64. The lowest BCUT2D eigenvalue weighted by atomic mass is 9.88. The van der Waals surface area contributed by atoms with Gasteiger partial charge in [-0.05, 0) is 63.9 Å². The molecule has 4 rings (SSSR count). The number of nitrogens with zero attached hydrogens (tertiary/aromatic N) is 4. The number of aromatic nitrogens is 2. The molecule has 5 N–H and O–H groups in total. The summed E-state index contributed by atoms with van der Waals surface area (Å²) in [7, 11) is 0. The van der Waals surface area contributed by atoms with Gasteiger partial charge in [0.1, 0.15) is 11.9 Å². The zero-order valence-electron chi connectivity index (χ0n) is 26.0. The molecule has 2 aromatic rings. The summed E-state index contributed by atoms with van der Waals surface area (Å²) in [6.07, 6.45) is 13.5. The highest BCUT2D eigenvalue weighted by molar-refractivity contribution is 6.35. The second kappa shape index (κ2) is 14.4. The maximum atomic E-state index is 10.1. The van der Waals surface area contributed by atoms with E-state index in [0.717, 1.165) is 43.6 Å². The van der Waals surface area contributed by atoms with Crippen LogP contribution in [0.15, 0.2) is 72.0 Å². The minimum atomic E-state index is -0.274. The number of nitriles is 1. The fourth-order valence-corrected chi connectivity index (χ4v) is 6.66. The molecule has 2 fully saturated rings. The topological polar surface area (TPSA) is 127 Å². The van der Waals surface area contributed by atoms with Crippen LogP contribution in [0.2, 0.25) is 10.0 Å². The minimum Gasteiger partial charge on any atom is -0.398 e. The van der Waals surface area contributed by atoms with Crippen LogP contribution in [-0.2, 0) is 0 Å². The van der Waals surface area contributed by atoms with Crippen molar-refractivity contribution < 1.29 is 0 Å². The molecule has 2 aliphatic heterocycles. The molecule has 10 heteroatoms. The first kappa shape index (κ1) is 33.3. The summed E-state index contributed by atoms with van der Waals surface area (Å²) in [5.74, 6) is 0.804. The van der Waals surface area contributed by atoms with Crippen molar-refractivity contribution in [3.05, 3.63) is 98.7 Å². The molecule has 0 amide bonds. The number of hydrogen-bond donors (Lipinski definition) is 4. The maximum absolute atomic E-state index is 10.1. The molecular formula is C34H42Cl2N8. The minimum absolute atomic E-state index is 0.147. The average Bonchev–Trinajstić information content (AvgIpc) is 3.00. The smallest absolute Gasteiger partial charge is 0.146 e. The molecule has 0 saturated carbocycles. The highest BCUT2D eigenvalue weighted by Crippen LogP contribution is 2.34. The number of halogens is 2. The summed E-state index contributed by atoms with van der Waals surface area (Å²) in [6.45, 7) is 15.9. The number of nitrogens with two attached hydrogens (primary N) is 1. The van der Waals surface area contributed by atoms with Gasteiger partial charge in [0.25, 0.3) is 0 Å². The molecule has 0 radical (unpaired) electrons. The van der Waals surface area contributed by atoms with Crippen molar-refractivity contribution in [1.82, 2.24) is 20.6 Å². The van der Waals surface area contributed by atoms with Gasteiger partial charge in [0.15, 0.2) is 0 Å². The van der Waals surface area contributed by atoms with E-state index in [2.05, 4.69) is 52.0 Å². The van der Waals surface area contributed by atoms with Crippen LogP contribution in [0.25, 0.3) is 0 Å². The molecule has 232 valence electrons. The van der Waals surface area contributed by atoms with E-state index < -0.39 is 0 Å². The third kappa shape index (κ3) is 7.52. The second-order valence-corrected chi connectivity index (χ2v) is 12.7. The van der Waals surface area contributed by atoms with E-state index in [9.17, 15) is 10.7 Å². The Morgan fingerprint density at radius 1 is 1.30 bits per heavy atom. The summed E-state index contributed by atoms with van der Waals surface area (Å²) >= 11 is 12.9. The van der Waals surface area contributed by atoms with Gasteiger partial charge in [-0.1, -0.05) is 61.4 Å². The summed E-state index contributed by atoms with van der Waals surface area (Å²) in [5, 5.41) is 27.2. The maximum Gasteiger partial charge on any atom is 0.146 e. The highest BCUT2D eigenvalue weighted by atomic mass is 35.5. The van der Waals surface area contributed by atoms with E-state index in [1.165, 1.54) is 0 Å². The molecule has 0 aliphatic carbocycles. The number of allylic oxidation sites excluding steroid dienone is 6. The second-order valence-electron chi connectivity index (χ2n) is 11.9. The molecule has 2 aliphatic rings. The van der Waals surface area contributed by atoms with Crippen LogP contribution in [0.1, 0.15) is 69.6 Å². The van der Waals surface area contributed by atoms with Crippen LogP contribution < -0.4 is 21.3 Å². The van der Waals surface area contributed by atoms with E-state index in [1.54, 1.807) is 24.7 Å². The molecule has 0 aromatic carbocycles. The Balaban J connectivity index is 1.60. The quantitative estimate of drug-likeness (QED) is 0.162. The summed E-state index contributed by atoms with van der Waals surface area (Å²) in [4.78, 5) is 10.8. The Kier molecular flexibility index (Phi) is 10.9. The fraction of sp³-hybridized carbons (Fsp3) is 0.412. The van der Waals surface area contributed by atoms with E-state index in [0.29, 0.717) is 62.8 Å². The fourth-order valence-electron chi connectivity index (χ4n) is 5.95. The lowest BCUT2D eigenvalue weighted by Crippen LogP contribution is -2.68. The number of hydrogen-bond acceptors (Lipinski definition) is 8. The van der Waals surface area contributed by atoms with E-state index in [1.807, 2.05) is 32.1 Å². The van der Waals surface area contributed by atoms with Crippen molar-refractivity contribution in [3.63, 3.8) is 0 Å². The SMILES string of the molecule is C=C(NC1(C)CN(c2ncc(C(=N)C(=C/[C@H](C)c3c(Cl)cncc3Cl)/C(N)=C\C(=C\C)CC)cc2C#N)C1)C1CCNCC1. The molecule has 0 bridgehead atoms. The van der Waals surface area contributed by atoms with Gasteiger partial charge in [0, 0.05) is 66.0 Å². The van der Waals surface area contributed by atoms with E-state index in [-0.39, 0.29) is 17.2 Å². The van der Waals surface area contributed by atoms with Crippen LogP contribution in [0.4, 0.5) is 5.82 Å². The predicted molar refractivity (Wildman–Crippen MR) is 181 cm³/mol. The molecule has 44 heavy (non-hydrogen) atoms. The first-order valence-corrected chi connectivity index (χ1v) is 15.8. The molecule has 8 nitrogen and oxygen atoms in total. The monoisotopic (exact) mass is 632 g/mol. The number of piperidine rings is 1. The summed E-state index contributed by atoms with van der Waals surface area (Å²) in [6, 6.07) is 4.02. The third-order valence-corrected chi connectivity index (χ3v) is 9.01. The van der Waals surface area contributed by atoms with Gasteiger partial charge in [-0.2, -0.15) is 5.26 Å². The lowest BCUT2D eigenvalue weighted by Gasteiger charge is -2.50. The standard InChI is InChI=1S/C34H42Cl2N8/c1-6-23(7-2)13-30(38)27(12-21(3)31-28(35)17-41-18-29(31)36)32(39)26-14-25(15-37)33(42-16-26)44-19-34(5,20-44)43-22(4)24-8-10-40-11-9-24/h6,12-14,16-18,21,24,39-40,43H,4,7-11,19-20,38H2,1-3,5H3/b23-6+,27-12+,30-13+,39-32?/t21-/m0/s1. The van der Waals surface area contributed by atoms with Crippen LogP contribution in [-0.4, -0.2) is 47.4 Å². The molecule has 2 saturated heterocycles. The van der Waals surface area contributed by atoms with Gasteiger partial charge in [-0.3, -0.25) is 10.4 Å². The Morgan fingerprint density at radius 2 is 1.95 bits per heavy atom. The molecule has 1 atom stereocenters. The number of nitrogens with one attached hydrogen (secondary N) is 3. The molecular weight excluding hydrogens is 591 g/mol. The number of anilines is 1. The van der Waals surface area contributed by atoms with Crippen LogP contribution in [0, 0.1) is 22.7 Å². The number of rotatable bonds is 11. The highest BCUT2D eigenvalue weighted by Gasteiger charge is 2.41. The first-order chi connectivity index (χ1) is 21.0. The zero-order chi connectivity index (χ0) is 32.0. The van der Waals surface area contributed by atoms with Crippen molar-refractivity contribution in [2.45, 2.75) is 58.4 Å². The molecule has 0 spiro atoms. The first-order valence-electron chi connectivity index (χ1n) is 15.1. The normalized spacial score (nSPS) is 18.3.